The van der Waals surface area contributed by atoms with Crippen LogP contribution >= 0.6 is 11.6 Å². The lowest BCUT2D eigenvalue weighted by Gasteiger charge is -2.45. The van der Waals surface area contributed by atoms with Crippen LogP contribution in [0.2, 0.25) is 10.2 Å². The molecule has 0 bridgehead atoms. The first kappa shape index (κ1) is 26.4. The molecule has 7 nitrogen and oxygen atoms in total. The highest BCUT2D eigenvalue weighted by Gasteiger charge is 2.51. The van der Waals surface area contributed by atoms with Gasteiger partial charge in [-0.25, -0.2) is 14.8 Å². The highest BCUT2D eigenvalue weighted by Crippen LogP contribution is 2.38. The fourth-order valence-corrected chi connectivity index (χ4v) is 10.6. The van der Waals surface area contributed by atoms with Crippen molar-refractivity contribution in [2.45, 2.75) is 50.6 Å². The van der Waals surface area contributed by atoms with Crippen LogP contribution in [-0.2, 0) is 4.43 Å². The van der Waals surface area contributed by atoms with E-state index >= 15 is 0 Å². The molecule has 3 heterocycles. The number of halogens is 1. The summed E-state index contributed by atoms with van der Waals surface area (Å²) in [6.07, 6.45) is 5.71. The molecule has 2 aromatic heterocycles. The Labute approximate surface area is 229 Å². The highest BCUT2D eigenvalue weighted by atomic mass is 35.5. The Bertz CT molecular complexity index is 1370. The Kier molecular flexibility index (Phi) is 7.31. The number of carboxylic acid groups (broad SMARTS) is 1. The molecule has 1 aliphatic rings. The SMILES string of the molecule is CC(C)(C)[Si](OCC1CCC(c2ncc3c(Cl)nccn23)CN1C(=O)O)(c1ccccc1)c1ccccc1. The largest absolute Gasteiger partial charge is 0.465 e. The van der Waals surface area contributed by atoms with E-state index in [1.54, 1.807) is 12.4 Å². The van der Waals surface area contributed by atoms with E-state index in [-0.39, 0.29) is 17.0 Å². The molecule has 0 radical (unpaired) electrons. The Balaban J connectivity index is 1.44. The zero-order valence-electron chi connectivity index (χ0n) is 21.9. The second kappa shape index (κ2) is 10.5. The van der Waals surface area contributed by atoms with Crippen molar-refractivity contribution in [3.05, 3.63) is 90.2 Å². The molecule has 1 saturated heterocycles. The second-order valence-corrected chi connectivity index (χ2v) is 15.6. The lowest BCUT2D eigenvalue weighted by Crippen LogP contribution is -2.67. The van der Waals surface area contributed by atoms with E-state index < -0.39 is 14.4 Å². The van der Waals surface area contributed by atoms with Crippen LogP contribution < -0.4 is 10.4 Å². The molecule has 1 amide bonds. The van der Waals surface area contributed by atoms with E-state index in [0.29, 0.717) is 24.7 Å². The van der Waals surface area contributed by atoms with Gasteiger partial charge in [0.25, 0.3) is 8.32 Å². The smallest absolute Gasteiger partial charge is 0.407 e. The Morgan fingerprint density at radius 3 is 2.26 bits per heavy atom. The predicted octanol–water partition coefficient (Wildman–Crippen LogP) is 5.19. The van der Waals surface area contributed by atoms with Crippen LogP contribution in [0.3, 0.4) is 0 Å². The lowest BCUT2D eigenvalue weighted by atomic mass is 9.92. The summed E-state index contributed by atoms with van der Waals surface area (Å²) in [5, 5.41) is 12.8. The fraction of sp³-hybridized carbons (Fsp3) is 0.345. The molecule has 2 aromatic carbocycles. The first-order valence-electron chi connectivity index (χ1n) is 12.9. The third-order valence-corrected chi connectivity index (χ3v) is 13.0. The standard InChI is InChI=1S/C29H33ClN4O3Si/c1-29(2,3)38(23-10-6-4-7-11-23,24-12-8-5-9-13-24)37-20-22-15-14-21(19-34(22)28(35)36)27-32-18-25-26(30)31-16-17-33(25)27/h4-13,16-18,21-22H,14-15,19-20H2,1-3H3,(H,35,36). The predicted molar refractivity (Wildman–Crippen MR) is 152 cm³/mol. The van der Waals surface area contributed by atoms with E-state index in [9.17, 15) is 9.90 Å². The minimum Gasteiger partial charge on any atom is -0.465 e. The number of fused-ring (bicyclic) bond motifs is 1. The van der Waals surface area contributed by atoms with Crippen LogP contribution in [0.4, 0.5) is 4.79 Å². The van der Waals surface area contributed by atoms with Crippen LogP contribution in [0.5, 0.6) is 0 Å². The van der Waals surface area contributed by atoms with Crippen molar-refractivity contribution in [1.29, 1.82) is 0 Å². The van der Waals surface area contributed by atoms with Crippen molar-refractivity contribution >= 4 is 41.9 Å². The molecular formula is C29H33ClN4O3Si. The summed E-state index contributed by atoms with van der Waals surface area (Å²) in [4.78, 5) is 22.7. The van der Waals surface area contributed by atoms with E-state index in [1.165, 1.54) is 15.3 Å². The van der Waals surface area contributed by atoms with Gasteiger partial charge in [-0.15, -0.1) is 0 Å². The number of carbonyl (C=O) groups is 1. The molecule has 0 aliphatic carbocycles. The van der Waals surface area contributed by atoms with Crippen LogP contribution in [0.25, 0.3) is 5.52 Å². The summed E-state index contributed by atoms with van der Waals surface area (Å²) in [5.41, 5.74) is 0.725. The van der Waals surface area contributed by atoms with Crippen molar-refractivity contribution in [3.8, 4) is 0 Å². The number of nitrogens with zero attached hydrogens (tertiary/aromatic N) is 4. The summed E-state index contributed by atoms with van der Waals surface area (Å²) in [6.45, 7) is 7.38. The molecule has 5 rings (SSSR count). The normalized spacial score (nSPS) is 18.6. The minimum atomic E-state index is -2.77. The Morgan fingerprint density at radius 2 is 1.68 bits per heavy atom. The third-order valence-electron chi connectivity index (χ3n) is 7.67. The molecule has 9 heteroatoms. The molecule has 1 aliphatic heterocycles. The van der Waals surface area contributed by atoms with Crippen molar-refractivity contribution in [3.63, 3.8) is 0 Å². The van der Waals surface area contributed by atoms with Gasteiger partial charge in [0, 0.05) is 24.9 Å². The maximum absolute atomic E-state index is 12.5. The van der Waals surface area contributed by atoms with Gasteiger partial charge in [-0.05, 0) is 28.3 Å². The van der Waals surface area contributed by atoms with Gasteiger partial charge in [0.2, 0.25) is 0 Å². The number of aromatic nitrogens is 3. The van der Waals surface area contributed by atoms with E-state index in [0.717, 1.165) is 17.8 Å². The van der Waals surface area contributed by atoms with E-state index in [1.807, 2.05) is 22.7 Å². The zero-order chi connectivity index (χ0) is 26.9. The first-order chi connectivity index (χ1) is 18.2. The van der Waals surface area contributed by atoms with Crippen LogP contribution in [0.1, 0.15) is 45.4 Å². The Hall–Kier alpha value is -3.20. The zero-order valence-corrected chi connectivity index (χ0v) is 23.7. The van der Waals surface area contributed by atoms with Gasteiger partial charge in [0.05, 0.1) is 18.8 Å². The van der Waals surface area contributed by atoms with Crippen molar-refractivity contribution in [2.24, 2.45) is 0 Å². The number of benzene rings is 2. The number of imidazole rings is 1. The summed E-state index contributed by atoms with van der Waals surface area (Å²) >= 11 is 6.24. The summed E-state index contributed by atoms with van der Waals surface area (Å²) in [5.74, 6) is 0.762. The molecule has 2 atom stereocenters. The average molecular weight is 549 g/mol. The molecule has 1 N–H and O–H groups in total. The van der Waals surface area contributed by atoms with E-state index in [2.05, 4.69) is 79.3 Å². The molecule has 38 heavy (non-hydrogen) atoms. The summed E-state index contributed by atoms with van der Waals surface area (Å²) in [7, 11) is -2.77. The molecule has 0 saturated carbocycles. The van der Waals surface area contributed by atoms with Gasteiger partial charge in [-0.3, -0.25) is 4.40 Å². The minimum absolute atomic E-state index is 0.0452. The molecular weight excluding hydrogens is 516 g/mol. The van der Waals surface area contributed by atoms with Gasteiger partial charge < -0.3 is 14.4 Å². The second-order valence-electron chi connectivity index (χ2n) is 10.9. The number of amides is 1. The number of likely N-dealkylation sites (tertiary alicyclic amines) is 1. The number of piperidine rings is 1. The molecule has 2 unspecified atom stereocenters. The molecule has 198 valence electrons. The lowest BCUT2D eigenvalue weighted by molar-refractivity contribution is 0.0735. The van der Waals surface area contributed by atoms with Gasteiger partial charge in [0.1, 0.15) is 11.3 Å². The number of hydrogen-bond donors (Lipinski definition) is 1. The highest BCUT2D eigenvalue weighted by molar-refractivity contribution is 6.99. The monoisotopic (exact) mass is 548 g/mol. The fourth-order valence-electron chi connectivity index (χ4n) is 5.85. The third kappa shape index (κ3) is 4.72. The summed E-state index contributed by atoms with van der Waals surface area (Å²) < 4.78 is 9.00. The quantitative estimate of drug-likeness (QED) is 0.336. The van der Waals surface area contributed by atoms with Crippen molar-refractivity contribution < 1.29 is 14.3 Å². The molecule has 4 aromatic rings. The van der Waals surface area contributed by atoms with Crippen molar-refractivity contribution in [1.82, 2.24) is 19.3 Å². The van der Waals surface area contributed by atoms with Gasteiger partial charge in [0.15, 0.2) is 5.15 Å². The van der Waals surface area contributed by atoms with Crippen LogP contribution in [0.15, 0.2) is 79.3 Å². The molecule has 1 fully saturated rings. The molecule has 0 spiro atoms. The Morgan fingerprint density at radius 1 is 1.05 bits per heavy atom. The van der Waals surface area contributed by atoms with Crippen LogP contribution in [-0.4, -0.2) is 58.0 Å². The number of rotatable bonds is 6. The number of hydrogen-bond acceptors (Lipinski definition) is 4. The van der Waals surface area contributed by atoms with Crippen LogP contribution in [0, 0.1) is 0 Å². The van der Waals surface area contributed by atoms with Gasteiger partial charge in [-0.2, -0.15) is 0 Å². The summed E-state index contributed by atoms with van der Waals surface area (Å²) in [6, 6.07) is 20.6. The van der Waals surface area contributed by atoms with Crippen molar-refractivity contribution in [2.75, 3.05) is 13.2 Å². The first-order valence-corrected chi connectivity index (χ1v) is 15.2. The average Bonchev–Trinajstić information content (AvgIpc) is 3.35. The topological polar surface area (TPSA) is 80.0 Å². The van der Waals surface area contributed by atoms with E-state index in [4.69, 9.17) is 16.0 Å². The maximum Gasteiger partial charge on any atom is 0.407 e. The van der Waals surface area contributed by atoms with Gasteiger partial charge >= 0.3 is 6.09 Å². The van der Waals surface area contributed by atoms with Gasteiger partial charge in [-0.1, -0.05) is 93.0 Å². The maximum atomic E-state index is 12.5.